The van der Waals surface area contributed by atoms with Crippen LogP contribution < -0.4 is 20.7 Å². The average molecular weight is 307 g/mol. The number of fused-ring (bicyclic) bond motifs is 1. The Morgan fingerprint density at radius 2 is 2.27 bits per heavy atom. The molecule has 3 N–H and O–H groups in total. The van der Waals surface area contributed by atoms with E-state index < -0.39 is 6.10 Å². The highest BCUT2D eigenvalue weighted by Crippen LogP contribution is 2.36. The van der Waals surface area contributed by atoms with Crippen LogP contribution in [0, 0.1) is 0 Å². The monoisotopic (exact) mass is 307 g/mol. The maximum Gasteiger partial charge on any atom is 0.268 e. The van der Waals surface area contributed by atoms with Gasteiger partial charge in [-0.15, -0.1) is 0 Å². The summed E-state index contributed by atoms with van der Waals surface area (Å²) in [7, 11) is 1.56. The van der Waals surface area contributed by atoms with Gasteiger partial charge in [0.15, 0.2) is 6.10 Å². The second-order valence-corrected chi connectivity index (χ2v) is 5.01. The van der Waals surface area contributed by atoms with E-state index in [4.69, 9.17) is 15.2 Å². The van der Waals surface area contributed by atoms with Crippen LogP contribution in [-0.4, -0.2) is 44.7 Å². The van der Waals surface area contributed by atoms with Crippen LogP contribution in [0.25, 0.3) is 0 Å². The SMILES string of the molecule is CCC1Oc2ccc(N)cc2N(CC(=O)NCCOC)C1=O. The number of amides is 2. The van der Waals surface area contributed by atoms with Crippen molar-refractivity contribution in [3.63, 3.8) is 0 Å². The highest BCUT2D eigenvalue weighted by atomic mass is 16.5. The first kappa shape index (κ1) is 16.1. The highest BCUT2D eigenvalue weighted by molar-refractivity contribution is 6.04. The Labute approximate surface area is 129 Å². The zero-order valence-electron chi connectivity index (χ0n) is 12.8. The van der Waals surface area contributed by atoms with E-state index in [2.05, 4.69) is 5.32 Å². The van der Waals surface area contributed by atoms with Gasteiger partial charge in [-0.05, 0) is 24.6 Å². The van der Waals surface area contributed by atoms with Crippen molar-refractivity contribution in [3.8, 4) is 5.75 Å². The molecule has 0 fully saturated rings. The Bertz CT molecular complexity index is 562. The molecule has 1 unspecified atom stereocenters. The number of nitrogen functional groups attached to an aromatic ring is 1. The Hall–Kier alpha value is -2.28. The minimum absolute atomic E-state index is 0.0706. The van der Waals surface area contributed by atoms with Gasteiger partial charge in [-0.2, -0.15) is 0 Å². The Morgan fingerprint density at radius 1 is 1.50 bits per heavy atom. The number of carbonyl (C=O) groups excluding carboxylic acids is 2. The van der Waals surface area contributed by atoms with Gasteiger partial charge >= 0.3 is 0 Å². The number of hydrogen-bond donors (Lipinski definition) is 2. The molecule has 7 heteroatoms. The van der Waals surface area contributed by atoms with Crippen LogP contribution in [0.5, 0.6) is 5.75 Å². The number of methoxy groups -OCH3 is 1. The predicted molar refractivity (Wildman–Crippen MR) is 82.8 cm³/mol. The molecule has 0 spiro atoms. The lowest BCUT2D eigenvalue weighted by molar-refractivity contribution is -0.129. The molecule has 1 aromatic carbocycles. The molecule has 1 aliphatic heterocycles. The van der Waals surface area contributed by atoms with E-state index in [1.807, 2.05) is 6.92 Å². The summed E-state index contributed by atoms with van der Waals surface area (Å²) < 4.78 is 10.5. The summed E-state index contributed by atoms with van der Waals surface area (Å²) >= 11 is 0. The first-order chi connectivity index (χ1) is 10.6. The van der Waals surface area contributed by atoms with Gasteiger partial charge < -0.3 is 20.5 Å². The molecule has 120 valence electrons. The predicted octanol–water partition coefficient (Wildman–Crippen LogP) is 0.535. The smallest absolute Gasteiger partial charge is 0.268 e. The fourth-order valence-corrected chi connectivity index (χ4v) is 2.25. The molecule has 7 nitrogen and oxygen atoms in total. The molecule has 0 aromatic heterocycles. The quantitative estimate of drug-likeness (QED) is 0.591. The Balaban J connectivity index is 2.18. The number of nitrogens with one attached hydrogen (secondary N) is 1. The van der Waals surface area contributed by atoms with Gasteiger partial charge in [-0.25, -0.2) is 0 Å². The zero-order valence-corrected chi connectivity index (χ0v) is 12.8. The van der Waals surface area contributed by atoms with Crippen LogP contribution in [-0.2, 0) is 14.3 Å². The van der Waals surface area contributed by atoms with Crippen LogP contribution in [0.15, 0.2) is 18.2 Å². The van der Waals surface area contributed by atoms with Gasteiger partial charge in [0, 0.05) is 19.3 Å². The van der Waals surface area contributed by atoms with Crippen LogP contribution in [0.1, 0.15) is 13.3 Å². The number of carbonyl (C=O) groups is 2. The molecule has 0 radical (unpaired) electrons. The molecule has 1 aromatic rings. The largest absolute Gasteiger partial charge is 0.478 e. The van der Waals surface area contributed by atoms with Gasteiger partial charge in [-0.1, -0.05) is 6.92 Å². The number of rotatable bonds is 6. The van der Waals surface area contributed by atoms with Gasteiger partial charge in [0.1, 0.15) is 12.3 Å². The third-order valence-electron chi connectivity index (χ3n) is 3.39. The lowest BCUT2D eigenvalue weighted by Crippen LogP contribution is -2.49. The first-order valence-corrected chi connectivity index (χ1v) is 7.20. The van der Waals surface area contributed by atoms with E-state index in [1.165, 1.54) is 4.90 Å². The van der Waals surface area contributed by atoms with Gasteiger partial charge in [0.2, 0.25) is 5.91 Å². The van der Waals surface area contributed by atoms with Crippen LogP contribution in [0.2, 0.25) is 0 Å². The minimum atomic E-state index is -0.581. The summed E-state index contributed by atoms with van der Waals surface area (Å²) in [4.78, 5) is 25.9. The van der Waals surface area contributed by atoms with Crippen molar-refractivity contribution in [1.29, 1.82) is 0 Å². The van der Waals surface area contributed by atoms with Crippen molar-refractivity contribution in [2.75, 3.05) is 37.4 Å². The fraction of sp³-hybridized carbons (Fsp3) is 0.467. The van der Waals surface area contributed by atoms with Crippen LogP contribution in [0.4, 0.5) is 11.4 Å². The van der Waals surface area contributed by atoms with E-state index in [0.29, 0.717) is 36.7 Å². The third kappa shape index (κ3) is 3.48. The molecule has 2 amide bonds. The molecule has 0 bridgehead atoms. The molecule has 0 saturated heterocycles. The van der Waals surface area contributed by atoms with Crippen molar-refractivity contribution >= 4 is 23.2 Å². The molecular weight excluding hydrogens is 286 g/mol. The molecular formula is C15H21N3O4. The van der Waals surface area contributed by atoms with E-state index in [-0.39, 0.29) is 18.4 Å². The van der Waals surface area contributed by atoms with E-state index in [0.717, 1.165) is 0 Å². The second-order valence-electron chi connectivity index (χ2n) is 5.01. The van der Waals surface area contributed by atoms with Crippen molar-refractivity contribution in [1.82, 2.24) is 5.32 Å². The van der Waals surface area contributed by atoms with Crippen LogP contribution in [0.3, 0.4) is 0 Å². The molecule has 1 aliphatic rings. The zero-order chi connectivity index (χ0) is 16.1. The number of hydrogen-bond acceptors (Lipinski definition) is 5. The van der Waals surface area contributed by atoms with Crippen molar-refractivity contribution in [3.05, 3.63) is 18.2 Å². The maximum absolute atomic E-state index is 12.5. The highest BCUT2D eigenvalue weighted by Gasteiger charge is 2.34. The van der Waals surface area contributed by atoms with Crippen LogP contribution >= 0.6 is 0 Å². The second kappa shape index (κ2) is 7.13. The summed E-state index contributed by atoms with van der Waals surface area (Å²) in [6.07, 6.45) is -0.0485. The Morgan fingerprint density at radius 3 is 2.95 bits per heavy atom. The summed E-state index contributed by atoms with van der Waals surface area (Å²) in [5.41, 5.74) is 6.81. The van der Waals surface area contributed by atoms with Gasteiger partial charge in [0.25, 0.3) is 5.91 Å². The van der Waals surface area contributed by atoms with Crippen molar-refractivity contribution in [2.45, 2.75) is 19.4 Å². The number of nitrogens with zero attached hydrogens (tertiary/aromatic N) is 1. The topological polar surface area (TPSA) is 93.9 Å². The molecule has 22 heavy (non-hydrogen) atoms. The number of anilines is 2. The van der Waals surface area contributed by atoms with Gasteiger partial charge in [-0.3, -0.25) is 14.5 Å². The Kier molecular flexibility index (Phi) is 5.21. The van der Waals surface area contributed by atoms with E-state index in [1.54, 1.807) is 25.3 Å². The lowest BCUT2D eigenvalue weighted by Gasteiger charge is -2.33. The summed E-state index contributed by atoms with van der Waals surface area (Å²) in [6.45, 7) is 2.61. The van der Waals surface area contributed by atoms with E-state index >= 15 is 0 Å². The summed E-state index contributed by atoms with van der Waals surface area (Å²) in [5, 5.41) is 2.70. The molecule has 1 atom stereocenters. The third-order valence-corrected chi connectivity index (χ3v) is 3.39. The summed E-state index contributed by atoms with van der Waals surface area (Å²) in [6, 6.07) is 5.06. The molecule has 0 aliphatic carbocycles. The summed E-state index contributed by atoms with van der Waals surface area (Å²) in [5.74, 6) is 0.0726. The number of ether oxygens (including phenoxy) is 2. The standard InChI is InChI=1S/C15H21N3O4/c1-3-12-15(20)18(9-14(19)17-6-7-21-2)11-8-10(16)4-5-13(11)22-12/h4-5,8,12H,3,6-7,9,16H2,1-2H3,(H,17,19). The normalized spacial score (nSPS) is 16.9. The molecule has 2 rings (SSSR count). The van der Waals surface area contributed by atoms with Crippen molar-refractivity contribution in [2.24, 2.45) is 0 Å². The maximum atomic E-state index is 12.5. The first-order valence-electron chi connectivity index (χ1n) is 7.20. The fourth-order valence-electron chi connectivity index (χ4n) is 2.25. The average Bonchev–Trinajstić information content (AvgIpc) is 2.50. The number of nitrogens with two attached hydrogens (primary N) is 1. The minimum Gasteiger partial charge on any atom is -0.478 e. The van der Waals surface area contributed by atoms with E-state index in [9.17, 15) is 9.59 Å². The number of benzene rings is 1. The molecule has 1 heterocycles. The van der Waals surface area contributed by atoms with Crippen molar-refractivity contribution < 1.29 is 19.1 Å². The molecule has 0 saturated carbocycles. The lowest BCUT2D eigenvalue weighted by atomic mass is 10.1. The van der Waals surface area contributed by atoms with Gasteiger partial charge in [0.05, 0.1) is 12.3 Å².